The largest absolute Gasteiger partial charge is 0.352 e. The van der Waals surface area contributed by atoms with Gasteiger partial charge in [-0.3, -0.25) is 14.7 Å². The third-order valence-corrected chi connectivity index (χ3v) is 4.03. The van der Waals surface area contributed by atoms with Crippen molar-refractivity contribution >= 4 is 18.3 Å². The number of rotatable bonds is 6. The monoisotopic (exact) mass is 326 g/mol. The molecular weight excluding hydrogens is 300 g/mol. The van der Waals surface area contributed by atoms with Gasteiger partial charge in [0.15, 0.2) is 0 Å². The average Bonchev–Trinajstić information content (AvgIpc) is 2.50. The third-order valence-electron chi connectivity index (χ3n) is 4.03. The fourth-order valence-corrected chi connectivity index (χ4v) is 2.73. The first kappa shape index (κ1) is 18.9. The highest BCUT2D eigenvalue weighted by atomic mass is 35.5. The fourth-order valence-electron chi connectivity index (χ4n) is 2.73. The number of carbonyl (C=O) groups is 1. The second-order valence-electron chi connectivity index (χ2n) is 5.81. The maximum absolute atomic E-state index is 11.9. The van der Waals surface area contributed by atoms with Crippen molar-refractivity contribution in [2.75, 3.05) is 13.1 Å². The van der Waals surface area contributed by atoms with E-state index >= 15 is 0 Å². The second kappa shape index (κ2) is 9.77. The maximum atomic E-state index is 11.9. The molecule has 1 amide bonds. The van der Waals surface area contributed by atoms with Gasteiger partial charge in [-0.05, 0) is 37.0 Å². The Morgan fingerprint density at radius 2 is 2.05 bits per heavy atom. The summed E-state index contributed by atoms with van der Waals surface area (Å²) in [5.41, 5.74) is 7.14. The van der Waals surface area contributed by atoms with Crippen LogP contribution < -0.4 is 11.1 Å². The van der Waals surface area contributed by atoms with E-state index in [-0.39, 0.29) is 30.4 Å². The molecular formula is C16H27ClN4O. The van der Waals surface area contributed by atoms with E-state index < -0.39 is 0 Å². The zero-order valence-electron chi connectivity index (χ0n) is 13.2. The quantitative estimate of drug-likeness (QED) is 0.835. The van der Waals surface area contributed by atoms with E-state index in [1.54, 1.807) is 0 Å². The summed E-state index contributed by atoms with van der Waals surface area (Å²) in [6.07, 6.45) is 7.35. The molecule has 124 valence electrons. The summed E-state index contributed by atoms with van der Waals surface area (Å²) >= 11 is 0. The van der Waals surface area contributed by atoms with Crippen molar-refractivity contribution in [3.8, 4) is 0 Å². The van der Waals surface area contributed by atoms with Gasteiger partial charge in [0, 0.05) is 38.1 Å². The predicted molar refractivity (Wildman–Crippen MR) is 90.8 cm³/mol. The van der Waals surface area contributed by atoms with E-state index in [4.69, 9.17) is 5.73 Å². The minimum absolute atomic E-state index is 0. The molecule has 1 unspecified atom stereocenters. The van der Waals surface area contributed by atoms with Crippen molar-refractivity contribution in [2.45, 2.75) is 51.2 Å². The van der Waals surface area contributed by atoms with Gasteiger partial charge in [0.2, 0.25) is 5.91 Å². The molecule has 5 nitrogen and oxygen atoms in total. The fraction of sp³-hybridized carbons (Fsp3) is 0.625. The Kier molecular flexibility index (Phi) is 8.38. The first-order valence-corrected chi connectivity index (χ1v) is 7.86. The average molecular weight is 327 g/mol. The van der Waals surface area contributed by atoms with Crippen molar-refractivity contribution < 1.29 is 4.79 Å². The predicted octanol–water partition coefficient (Wildman–Crippen LogP) is 1.71. The summed E-state index contributed by atoms with van der Waals surface area (Å²) in [5, 5.41) is 3.09. The standard InChI is InChI=1S/C16H26N4O.ClH/c1-2-3-15(17)16(21)19-14-6-10-20(11-7-14)12-13-4-8-18-9-5-13;/h4-5,8-9,14-15H,2-3,6-7,10-12,17H2,1H3,(H,19,21);1H. The Morgan fingerprint density at radius 1 is 1.41 bits per heavy atom. The molecule has 3 N–H and O–H groups in total. The maximum Gasteiger partial charge on any atom is 0.237 e. The van der Waals surface area contributed by atoms with Crippen LogP contribution in [0.1, 0.15) is 38.2 Å². The molecule has 0 radical (unpaired) electrons. The van der Waals surface area contributed by atoms with Crippen LogP contribution in [0.15, 0.2) is 24.5 Å². The zero-order chi connectivity index (χ0) is 15.1. The van der Waals surface area contributed by atoms with Gasteiger partial charge in [-0.2, -0.15) is 0 Å². The summed E-state index contributed by atoms with van der Waals surface area (Å²) in [7, 11) is 0. The summed E-state index contributed by atoms with van der Waals surface area (Å²) in [5.74, 6) is 0.00411. The summed E-state index contributed by atoms with van der Waals surface area (Å²) in [6.45, 7) is 5.02. The molecule has 0 aromatic carbocycles. The van der Waals surface area contributed by atoms with Crippen LogP contribution in [-0.4, -0.2) is 41.0 Å². The molecule has 6 heteroatoms. The van der Waals surface area contributed by atoms with Crippen LogP contribution in [0.4, 0.5) is 0 Å². The second-order valence-corrected chi connectivity index (χ2v) is 5.81. The SMILES string of the molecule is CCCC(N)C(=O)NC1CCN(Cc2ccncc2)CC1.Cl. The van der Waals surface area contributed by atoms with E-state index in [0.717, 1.165) is 45.3 Å². The van der Waals surface area contributed by atoms with Gasteiger partial charge >= 0.3 is 0 Å². The molecule has 0 saturated carbocycles. The normalized spacial score (nSPS) is 17.5. The molecule has 1 fully saturated rings. The third kappa shape index (κ3) is 5.91. The summed E-state index contributed by atoms with van der Waals surface area (Å²) in [4.78, 5) is 18.4. The van der Waals surface area contributed by atoms with E-state index in [0.29, 0.717) is 0 Å². The first-order valence-electron chi connectivity index (χ1n) is 7.86. The van der Waals surface area contributed by atoms with Crippen LogP contribution in [0.5, 0.6) is 0 Å². The van der Waals surface area contributed by atoms with Crippen LogP contribution in [0.25, 0.3) is 0 Å². The van der Waals surface area contributed by atoms with Crippen molar-refractivity contribution in [3.05, 3.63) is 30.1 Å². The lowest BCUT2D eigenvalue weighted by atomic mass is 10.0. The molecule has 1 saturated heterocycles. The zero-order valence-corrected chi connectivity index (χ0v) is 14.0. The Bertz CT molecular complexity index is 435. The highest BCUT2D eigenvalue weighted by molar-refractivity contribution is 5.85. The highest BCUT2D eigenvalue weighted by Gasteiger charge is 2.22. The molecule has 1 aromatic rings. The number of pyridine rings is 1. The first-order chi connectivity index (χ1) is 10.2. The molecule has 2 heterocycles. The number of carbonyl (C=O) groups excluding carboxylic acids is 1. The highest BCUT2D eigenvalue weighted by Crippen LogP contribution is 2.13. The van der Waals surface area contributed by atoms with Crippen LogP contribution in [0.2, 0.25) is 0 Å². The number of amides is 1. The number of halogens is 1. The minimum atomic E-state index is -0.357. The topological polar surface area (TPSA) is 71.2 Å². The van der Waals surface area contributed by atoms with Crippen molar-refractivity contribution in [2.24, 2.45) is 5.73 Å². The van der Waals surface area contributed by atoms with E-state index in [1.165, 1.54) is 5.56 Å². The molecule has 22 heavy (non-hydrogen) atoms. The molecule has 0 aliphatic carbocycles. The number of hydrogen-bond acceptors (Lipinski definition) is 4. The number of aromatic nitrogens is 1. The Hall–Kier alpha value is -1.17. The minimum Gasteiger partial charge on any atom is -0.352 e. The van der Waals surface area contributed by atoms with Crippen molar-refractivity contribution in [1.29, 1.82) is 0 Å². The van der Waals surface area contributed by atoms with Gasteiger partial charge in [0.1, 0.15) is 0 Å². The molecule has 0 spiro atoms. The summed E-state index contributed by atoms with van der Waals surface area (Å²) < 4.78 is 0. The van der Waals surface area contributed by atoms with Gasteiger partial charge < -0.3 is 11.1 Å². The molecule has 1 aliphatic rings. The number of hydrogen-bond donors (Lipinski definition) is 2. The number of likely N-dealkylation sites (tertiary alicyclic amines) is 1. The van der Waals surface area contributed by atoms with Crippen LogP contribution in [0.3, 0.4) is 0 Å². The molecule has 1 atom stereocenters. The van der Waals surface area contributed by atoms with Gasteiger partial charge in [-0.1, -0.05) is 13.3 Å². The summed E-state index contributed by atoms with van der Waals surface area (Å²) in [6, 6.07) is 4.02. The van der Waals surface area contributed by atoms with Crippen LogP contribution >= 0.6 is 12.4 Å². The Labute approximate surface area is 139 Å². The number of nitrogens with one attached hydrogen (secondary N) is 1. The van der Waals surface area contributed by atoms with Crippen molar-refractivity contribution in [3.63, 3.8) is 0 Å². The smallest absolute Gasteiger partial charge is 0.237 e. The van der Waals surface area contributed by atoms with Gasteiger partial charge in [-0.15, -0.1) is 12.4 Å². The van der Waals surface area contributed by atoms with E-state index in [9.17, 15) is 4.79 Å². The Morgan fingerprint density at radius 3 is 2.64 bits per heavy atom. The van der Waals surface area contributed by atoms with Gasteiger partial charge in [0.25, 0.3) is 0 Å². The van der Waals surface area contributed by atoms with Gasteiger partial charge in [-0.25, -0.2) is 0 Å². The van der Waals surface area contributed by atoms with E-state index in [2.05, 4.69) is 27.3 Å². The molecule has 1 aliphatic heterocycles. The lowest BCUT2D eigenvalue weighted by Crippen LogP contribution is -2.49. The number of piperidine rings is 1. The van der Waals surface area contributed by atoms with Gasteiger partial charge in [0.05, 0.1) is 6.04 Å². The van der Waals surface area contributed by atoms with Crippen LogP contribution in [0, 0.1) is 0 Å². The molecule has 2 rings (SSSR count). The molecule has 1 aromatic heterocycles. The Balaban J connectivity index is 0.00000242. The van der Waals surface area contributed by atoms with Crippen molar-refractivity contribution in [1.82, 2.24) is 15.2 Å². The van der Waals surface area contributed by atoms with Crippen LogP contribution in [-0.2, 0) is 11.3 Å². The lowest BCUT2D eigenvalue weighted by molar-refractivity contribution is -0.123. The lowest BCUT2D eigenvalue weighted by Gasteiger charge is -2.32. The van der Waals surface area contributed by atoms with E-state index in [1.807, 2.05) is 19.3 Å². The molecule has 0 bridgehead atoms. The number of nitrogens with zero attached hydrogens (tertiary/aromatic N) is 2. The number of nitrogens with two attached hydrogens (primary N) is 1.